The molecule has 0 fully saturated rings. The van der Waals surface area contributed by atoms with Gasteiger partial charge in [0.15, 0.2) is 0 Å². The zero-order valence-electron chi connectivity index (χ0n) is 25.5. The number of nitrogens with zero attached hydrogens (tertiary/aromatic N) is 2. The highest BCUT2D eigenvalue weighted by Crippen LogP contribution is 2.49. The Balaban J connectivity index is 1.48. The molecule has 0 spiro atoms. The topological polar surface area (TPSA) is 8.17 Å². The van der Waals surface area contributed by atoms with Crippen molar-refractivity contribution in [3.63, 3.8) is 0 Å². The number of anilines is 2. The summed E-state index contributed by atoms with van der Waals surface area (Å²) in [5.74, 6) is 0. The van der Waals surface area contributed by atoms with Gasteiger partial charge in [0.1, 0.15) is 0 Å². The molecule has 0 saturated heterocycles. The summed E-state index contributed by atoms with van der Waals surface area (Å²) in [4.78, 5) is 2.65. The Bertz CT molecular complexity index is 2310. The zero-order chi connectivity index (χ0) is 30.5. The Kier molecular flexibility index (Phi) is 7.33. The Morgan fingerprint density at radius 1 is 0.533 bits per heavy atom. The van der Waals surface area contributed by atoms with E-state index in [0.29, 0.717) is 0 Å². The smallest absolute Gasteiger partial charge is 0.431 e. The molecule has 0 aliphatic rings. The fraction of sp³-hybridized carbons (Fsp3) is 0.122. The molecule has 4 heteroatoms. The first-order chi connectivity index (χ1) is 22.2. The Morgan fingerprint density at radius 3 is 1.71 bits per heavy atom. The van der Waals surface area contributed by atoms with Gasteiger partial charge in [-0.05, 0) is 81.1 Å². The molecule has 1 aromatic heterocycles. The second-order valence-electron chi connectivity index (χ2n) is 11.9. The summed E-state index contributed by atoms with van der Waals surface area (Å²) < 4.78 is 2.54. The fourth-order valence-electron chi connectivity index (χ4n) is 7.86. The summed E-state index contributed by atoms with van der Waals surface area (Å²) in [6.45, 7) is 4.73. The van der Waals surface area contributed by atoms with Gasteiger partial charge in [-0.3, -0.25) is 0 Å². The number of hydrogen-bond donors (Lipinski definition) is 0. The van der Waals surface area contributed by atoms with Gasteiger partial charge in [0.05, 0.1) is 5.54 Å². The second-order valence-corrected chi connectivity index (χ2v) is 14.3. The molecule has 8 aromatic rings. The summed E-state index contributed by atoms with van der Waals surface area (Å²) in [6, 6.07) is 51.9. The van der Waals surface area contributed by atoms with Crippen molar-refractivity contribution in [2.45, 2.75) is 32.2 Å². The Hall–Kier alpha value is -3.82. The molecule has 2 nitrogen and oxygen atoms in total. The highest BCUT2D eigenvalue weighted by atomic mass is 127. The number of rotatable bonds is 7. The van der Waals surface area contributed by atoms with Crippen LogP contribution >= 0.6 is 20.3 Å². The lowest BCUT2D eigenvalue weighted by Crippen LogP contribution is -2.43. The van der Waals surface area contributed by atoms with Crippen LogP contribution in [0.15, 0.2) is 140 Å². The standard InChI is InChI=1S/C41H33N2.Al.HI/c1-3-41(4-2,37-23-14-22-36-32-18-9-8-17-30(32)31-19-10-11-21-35(31)40(36)37)43(28-15-6-5-7-16-28)29-25-26-34-33-20-12-13-24-38(33)42-39(34)27-29;;/h5-27H,3-4H2,1-2H3;;1H/q-1;+2;/p-1. The summed E-state index contributed by atoms with van der Waals surface area (Å²) in [5, 5.41) is 10.6. The van der Waals surface area contributed by atoms with Crippen molar-refractivity contribution in [1.82, 2.24) is 3.55 Å². The first-order valence-corrected chi connectivity index (χ1v) is 20.5. The number of aromatic nitrogens is 1. The van der Waals surface area contributed by atoms with E-state index in [2.05, 4.69) is 182 Å². The average molecular weight is 708 g/mol. The van der Waals surface area contributed by atoms with Crippen LogP contribution in [-0.4, -0.2) is 15.7 Å². The molecular formula is C41H33AlIN2. The lowest BCUT2D eigenvalue weighted by molar-refractivity contribution is 0.407. The van der Waals surface area contributed by atoms with Gasteiger partial charge < -0.3 is 8.45 Å². The monoisotopic (exact) mass is 707 g/mol. The van der Waals surface area contributed by atoms with Gasteiger partial charge in [-0.25, -0.2) is 0 Å². The lowest BCUT2D eigenvalue weighted by atomic mass is 9.77. The summed E-state index contributed by atoms with van der Waals surface area (Å²) in [5.41, 5.74) is 6.17. The van der Waals surface area contributed by atoms with Crippen molar-refractivity contribution in [3.8, 4) is 0 Å². The summed E-state index contributed by atoms with van der Waals surface area (Å²) >= 11 is 2.63. The predicted molar refractivity (Wildman–Crippen MR) is 204 cm³/mol. The molecule has 7 aromatic carbocycles. The van der Waals surface area contributed by atoms with Crippen molar-refractivity contribution in [2.75, 3.05) is 4.90 Å². The van der Waals surface area contributed by atoms with E-state index in [9.17, 15) is 0 Å². The minimum absolute atomic E-state index is 0.0504. The third kappa shape index (κ3) is 4.34. The van der Waals surface area contributed by atoms with Crippen molar-refractivity contribution in [1.29, 1.82) is 0 Å². The third-order valence-corrected chi connectivity index (χ3v) is 12.4. The van der Waals surface area contributed by atoms with Crippen LogP contribution in [0.5, 0.6) is 0 Å². The van der Waals surface area contributed by atoms with Crippen LogP contribution in [0.25, 0.3) is 54.1 Å². The van der Waals surface area contributed by atoms with Crippen LogP contribution in [0.4, 0.5) is 11.4 Å². The number of hydrogen-bond acceptors (Lipinski definition) is 1. The van der Waals surface area contributed by atoms with Crippen molar-refractivity contribution in [3.05, 3.63) is 145 Å². The van der Waals surface area contributed by atoms with Crippen LogP contribution in [-0.2, 0) is 5.54 Å². The molecule has 0 bridgehead atoms. The van der Waals surface area contributed by atoms with Crippen LogP contribution in [0.3, 0.4) is 0 Å². The maximum atomic E-state index is 2.65. The molecule has 45 heavy (non-hydrogen) atoms. The highest BCUT2D eigenvalue weighted by Gasteiger charge is 2.39. The molecule has 0 aliphatic carbocycles. The van der Waals surface area contributed by atoms with E-state index in [0.717, 1.165) is 12.8 Å². The molecule has 1 radical (unpaired) electrons. The number of benzene rings is 7. The van der Waals surface area contributed by atoms with E-state index >= 15 is 0 Å². The molecule has 1 heterocycles. The summed E-state index contributed by atoms with van der Waals surface area (Å²) in [6.07, 6.45) is 1.91. The molecule has 0 aliphatic heterocycles. The van der Waals surface area contributed by atoms with Crippen molar-refractivity contribution in [2.24, 2.45) is 0 Å². The third-order valence-electron chi connectivity index (χ3n) is 9.93. The molecular weight excluding hydrogens is 674 g/mol. The van der Waals surface area contributed by atoms with Gasteiger partial charge >= 0.3 is 12.2 Å². The largest absolute Gasteiger partial charge is 0.478 e. The van der Waals surface area contributed by atoms with Gasteiger partial charge in [0, 0.05) is 33.2 Å². The second kappa shape index (κ2) is 11.5. The molecule has 0 atom stereocenters. The predicted octanol–water partition coefficient (Wildman–Crippen LogP) is 11.9. The van der Waals surface area contributed by atoms with Gasteiger partial charge in [-0.2, -0.15) is 20.3 Å². The van der Waals surface area contributed by atoms with Crippen LogP contribution in [0.2, 0.25) is 0 Å². The van der Waals surface area contributed by atoms with Crippen molar-refractivity contribution >= 4 is 97.9 Å². The number of para-hydroxylation sites is 2. The Morgan fingerprint density at radius 2 is 1.07 bits per heavy atom. The average Bonchev–Trinajstić information content (AvgIpc) is 3.43. The minimum atomic E-state index is -0.298. The van der Waals surface area contributed by atoms with Gasteiger partial charge in [0.25, 0.3) is 0 Å². The first kappa shape index (κ1) is 28.6. The lowest BCUT2D eigenvalue weighted by Gasteiger charge is -2.46. The first-order valence-electron chi connectivity index (χ1n) is 15.8. The Labute approximate surface area is 281 Å². The summed E-state index contributed by atoms with van der Waals surface area (Å²) in [7, 11) is 0. The van der Waals surface area contributed by atoms with Gasteiger partial charge in [0.2, 0.25) is 0 Å². The molecule has 217 valence electrons. The molecule has 0 amide bonds. The maximum Gasteiger partial charge on any atom is 0.478 e. The normalized spacial score (nSPS) is 12.1. The quantitative estimate of drug-likeness (QED) is 0.0910. The molecule has 0 saturated carbocycles. The maximum absolute atomic E-state index is 2.65. The molecule has 8 rings (SSSR count). The minimum Gasteiger partial charge on any atom is -0.431 e. The fourth-order valence-corrected chi connectivity index (χ4v) is 10.3. The van der Waals surface area contributed by atoms with Crippen LogP contribution in [0.1, 0.15) is 32.3 Å². The van der Waals surface area contributed by atoms with Crippen molar-refractivity contribution < 1.29 is 0 Å². The highest BCUT2D eigenvalue weighted by molar-refractivity contribution is 14.1. The van der Waals surface area contributed by atoms with E-state index in [1.54, 1.807) is 0 Å². The van der Waals surface area contributed by atoms with Crippen LogP contribution < -0.4 is 4.90 Å². The molecule has 0 N–H and O–H groups in total. The van der Waals surface area contributed by atoms with E-state index in [-0.39, 0.29) is 17.7 Å². The van der Waals surface area contributed by atoms with Gasteiger partial charge in [-0.15, -0.1) is 0 Å². The zero-order valence-corrected chi connectivity index (χ0v) is 28.9. The van der Waals surface area contributed by atoms with E-state index in [1.807, 2.05) is 0 Å². The van der Waals surface area contributed by atoms with E-state index in [4.69, 9.17) is 0 Å². The van der Waals surface area contributed by atoms with Crippen LogP contribution in [0, 0.1) is 0 Å². The number of fused-ring (bicyclic) bond motifs is 9. The van der Waals surface area contributed by atoms with E-state index < -0.39 is 0 Å². The van der Waals surface area contributed by atoms with Gasteiger partial charge in [-0.1, -0.05) is 123 Å². The number of halogens is 1. The molecule has 0 unspecified atom stereocenters. The SMILES string of the molecule is CCC(CC)(c1cccc2c3ccccc3c3ccccc3c12)N(c1ccccc1)c1ccc2c3ccccc3[n]([Al][I])c2c1. The van der Waals surface area contributed by atoms with E-state index in [1.165, 1.54) is 71.1 Å².